The summed E-state index contributed by atoms with van der Waals surface area (Å²) in [7, 11) is 0. The highest BCUT2D eigenvalue weighted by Gasteiger charge is 2.31. The Morgan fingerprint density at radius 3 is 2.63 bits per heavy atom. The summed E-state index contributed by atoms with van der Waals surface area (Å²) in [5.41, 5.74) is 1.49. The van der Waals surface area contributed by atoms with E-state index in [2.05, 4.69) is 0 Å². The van der Waals surface area contributed by atoms with Crippen LogP contribution in [0.1, 0.15) is 35.7 Å². The van der Waals surface area contributed by atoms with Crippen molar-refractivity contribution in [3.05, 3.63) is 64.7 Å². The maximum absolute atomic E-state index is 12.9. The summed E-state index contributed by atoms with van der Waals surface area (Å²) >= 11 is 5.94. The Bertz CT molecular complexity index is 825. The van der Waals surface area contributed by atoms with Crippen molar-refractivity contribution >= 4 is 23.4 Å². The zero-order valence-corrected chi connectivity index (χ0v) is 16.0. The van der Waals surface area contributed by atoms with Gasteiger partial charge in [-0.2, -0.15) is 0 Å². The second-order valence-corrected chi connectivity index (χ2v) is 7.14. The van der Waals surface area contributed by atoms with Crippen molar-refractivity contribution in [3.8, 4) is 5.75 Å². The lowest BCUT2D eigenvalue weighted by atomic mass is 10.1. The van der Waals surface area contributed by atoms with Crippen molar-refractivity contribution in [1.82, 2.24) is 9.80 Å². The largest absolute Gasteiger partial charge is 0.506 e. The monoisotopic (exact) mass is 386 g/mol. The lowest BCUT2D eigenvalue weighted by Gasteiger charge is -2.31. The number of nitrogens with zero attached hydrogens (tertiary/aromatic N) is 2. The van der Waals surface area contributed by atoms with Crippen LogP contribution in [-0.2, 0) is 11.3 Å². The van der Waals surface area contributed by atoms with Crippen LogP contribution in [-0.4, -0.2) is 45.9 Å². The van der Waals surface area contributed by atoms with Crippen molar-refractivity contribution in [3.63, 3.8) is 0 Å². The molecule has 0 unspecified atom stereocenters. The molecular weight excluding hydrogens is 364 g/mol. The van der Waals surface area contributed by atoms with Gasteiger partial charge in [0.05, 0.1) is 5.02 Å². The van der Waals surface area contributed by atoms with Gasteiger partial charge in [-0.05, 0) is 30.2 Å². The second kappa shape index (κ2) is 8.44. The summed E-state index contributed by atoms with van der Waals surface area (Å²) in [6.07, 6.45) is 1.06. The zero-order chi connectivity index (χ0) is 19.4. The molecule has 1 fully saturated rings. The minimum atomic E-state index is -0.176. The molecular formula is C21H23ClN2O3. The van der Waals surface area contributed by atoms with Gasteiger partial charge in [0.25, 0.3) is 5.91 Å². The van der Waals surface area contributed by atoms with E-state index in [0.717, 1.165) is 12.0 Å². The number of carbonyl (C=O) groups excluding carboxylic acids is 2. The van der Waals surface area contributed by atoms with Crippen LogP contribution in [0.25, 0.3) is 0 Å². The SMILES string of the molecule is CC[C@H]1CN(C(=O)c2ccc(O)c(Cl)c2)CCC(=O)N1Cc1ccccc1. The third kappa shape index (κ3) is 4.42. The van der Waals surface area contributed by atoms with Gasteiger partial charge in [0.2, 0.25) is 5.91 Å². The minimum Gasteiger partial charge on any atom is -0.506 e. The average molecular weight is 387 g/mol. The number of halogens is 1. The third-order valence-corrected chi connectivity index (χ3v) is 5.24. The van der Waals surface area contributed by atoms with Crippen molar-refractivity contribution in [2.75, 3.05) is 13.1 Å². The first-order valence-electron chi connectivity index (χ1n) is 9.10. The van der Waals surface area contributed by atoms with Gasteiger partial charge < -0.3 is 14.9 Å². The molecule has 3 rings (SSSR count). The van der Waals surface area contributed by atoms with Gasteiger partial charge in [-0.3, -0.25) is 9.59 Å². The van der Waals surface area contributed by atoms with Gasteiger partial charge in [-0.1, -0.05) is 48.9 Å². The third-order valence-electron chi connectivity index (χ3n) is 4.94. The fraction of sp³-hybridized carbons (Fsp3) is 0.333. The van der Waals surface area contributed by atoms with E-state index in [1.807, 2.05) is 42.2 Å². The number of phenolic OH excluding ortho intramolecular Hbond substituents is 1. The van der Waals surface area contributed by atoms with Crippen LogP contribution >= 0.6 is 11.6 Å². The van der Waals surface area contributed by atoms with E-state index >= 15 is 0 Å². The fourth-order valence-electron chi connectivity index (χ4n) is 3.38. The Labute approximate surface area is 164 Å². The topological polar surface area (TPSA) is 60.9 Å². The molecule has 142 valence electrons. The van der Waals surface area contributed by atoms with Gasteiger partial charge in [0.1, 0.15) is 5.75 Å². The van der Waals surface area contributed by atoms with E-state index in [1.54, 1.807) is 11.0 Å². The van der Waals surface area contributed by atoms with Gasteiger partial charge in [0.15, 0.2) is 0 Å². The van der Waals surface area contributed by atoms with Crippen LogP contribution in [0.3, 0.4) is 0 Å². The molecule has 0 aromatic heterocycles. The molecule has 1 saturated heterocycles. The Morgan fingerprint density at radius 1 is 1.22 bits per heavy atom. The Hall–Kier alpha value is -2.53. The van der Waals surface area contributed by atoms with Crippen molar-refractivity contribution in [2.24, 2.45) is 0 Å². The Morgan fingerprint density at radius 2 is 1.96 bits per heavy atom. The quantitative estimate of drug-likeness (QED) is 0.871. The minimum absolute atomic E-state index is 0.0447. The highest BCUT2D eigenvalue weighted by Crippen LogP contribution is 2.25. The van der Waals surface area contributed by atoms with E-state index in [9.17, 15) is 14.7 Å². The zero-order valence-electron chi connectivity index (χ0n) is 15.3. The second-order valence-electron chi connectivity index (χ2n) is 6.74. The molecule has 0 aliphatic carbocycles. The Balaban J connectivity index is 1.79. The molecule has 0 bridgehead atoms. The molecule has 0 radical (unpaired) electrons. The highest BCUT2D eigenvalue weighted by molar-refractivity contribution is 6.32. The average Bonchev–Trinajstić information content (AvgIpc) is 2.84. The summed E-state index contributed by atoms with van der Waals surface area (Å²) in [4.78, 5) is 29.2. The number of phenols is 1. The summed E-state index contributed by atoms with van der Waals surface area (Å²) in [6, 6.07) is 14.3. The van der Waals surface area contributed by atoms with E-state index in [4.69, 9.17) is 11.6 Å². The first-order chi connectivity index (χ1) is 13.0. The first kappa shape index (κ1) is 19.2. The predicted octanol–water partition coefficient (Wildman–Crippen LogP) is 3.70. The van der Waals surface area contributed by atoms with Gasteiger partial charge in [-0.15, -0.1) is 0 Å². The smallest absolute Gasteiger partial charge is 0.253 e. The molecule has 2 aromatic carbocycles. The molecule has 1 atom stereocenters. The highest BCUT2D eigenvalue weighted by atomic mass is 35.5. The lowest BCUT2D eigenvalue weighted by Crippen LogP contribution is -2.43. The molecule has 5 nitrogen and oxygen atoms in total. The molecule has 0 spiro atoms. The number of hydrogen-bond donors (Lipinski definition) is 1. The molecule has 2 aromatic rings. The lowest BCUT2D eigenvalue weighted by molar-refractivity contribution is -0.133. The Kier molecular flexibility index (Phi) is 6.01. The number of carbonyl (C=O) groups is 2. The van der Waals surface area contributed by atoms with Gasteiger partial charge >= 0.3 is 0 Å². The molecule has 1 N–H and O–H groups in total. The van der Waals surface area contributed by atoms with Crippen LogP contribution in [0.4, 0.5) is 0 Å². The molecule has 0 saturated carbocycles. The molecule has 27 heavy (non-hydrogen) atoms. The summed E-state index contributed by atoms with van der Waals surface area (Å²) in [5, 5.41) is 9.71. The number of amides is 2. The molecule has 2 amide bonds. The standard InChI is InChI=1S/C21H23ClN2O3/c1-2-17-14-23(21(27)16-8-9-19(25)18(22)12-16)11-10-20(26)24(17)13-15-6-4-3-5-7-15/h3-9,12,17,25H,2,10-11,13-14H2,1H3/t17-/m0/s1. The molecule has 6 heteroatoms. The van der Waals surface area contributed by atoms with E-state index < -0.39 is 0 Å². The van der Waals surface area contributed by atoms with Crippen molar-refractivity contribution in [2.45, 2.75) is 32.4 Å². The summed E-state index contributed by atoms with van der Waals surface area (Å²) < 4.78 is 0. The van der Waals surface area contributed by atoms with Gasteiger partial charge in [-0.25, -0.2) is 0 Å². The number of benzene rings is 2. The number of rotatable bonds is 4. The van der Waals surface area contributed by atoms with E-state index in [-0.39, 0.29) is 28.6 Å². The maximum atomic E-state index is 12.9. The van der Waals surface area contributed by atoms with Crippen molar-refractivity contribution < 1.29 is 14.7 Å². The summed E-state index contributed by atoms with van der Waals surface area (Å²) in [5.74, 6) is -0.172. The van der Waals surface area contributed by atoms with Gasteiger partial charge in [0, 0.05) is 37.7 Å². The van der Waals surface area contributed by atoms with Crippen LogP contribution in [0.15, 0.2) is 48.5 Å². The molecule has 1 aliphatic rings. The first-order valence-corrected chi connectivity index (χ1v) is 9.48. The van der Waals surface area contributed by atoms with E-state index in [1.165, 1.54) is 12.1 Å². The predicted molar refractivity (Wildman–Crippen MR) is 105 cm³/mol. The van der Waals surface area contributed by atoms with E-state index in [0.29, 0.717) is 31.6 Å². The normalized spacial score (nSPS) is 17.7. The van der Waals surface area contributed by atoms with Crippen molar-refractivity contribution in [1.29, 1.82) is 0 Å². The van der Waals surface area contributed by atoms with Crippen LogP contribution < -0.4 is 0 Å². The van der Waals surface area contributed by atoms with Crippen LogP contribution in [0.2, 0.25) is 5.02 Å². The maximum Gasteiger partial charge on any atom is 0.253 e. The molecule has 1 aliphatic heterocycles. The van der Waals surface area contributed by atoms with Crippen LogP contribution in [0.5, 0.6) is 5.75 Å². The fourth-order valence-corrected chi connectivity index (χ4v) is 3.56. The summed E-state index contributed by atoms with van der Waals surface area (Å²) in [6.45, 7) is 3.43. The molecule has 1 heterocycles. The number of aromatic hydroxyl groups is 1. The number of hydrogen-bond acceptors (Lipinski definition) is 3. The van der Waals surface area contributed by atoms with Crippen LogP contribution in [0, 0.1) is 0 Å².